The van der Waals surface area contributed by atoms with Gasteiger partial charge in [-0.2, -0.15) is 5.10 Å². The molecule has 1 heterocycles. The second-order valence-electron chi connectivity index (χ2n) is 3.65. The Morgan fingerprint density at radius 3 is 2.78 bits per heavy atom. The molecule has 3 N–H and O–H groups in total. The summed E-state index contributed by atoms with van der Waals surface area (Å²) in [6.45, 7) is 1.78. The molecule has 0 aromatic heterocycles. The van der Waals surface area contributed by atoms with Gasteiger partial charge in [0.05, 0.1) is 11.5 Å². The number of amidine groups is 1. The summed E-state index contributed by atoms with van der Waals surface area (Å²) < 4.78 is 0. The molecule has 18 heavy (non-hydrogen) atoms. The molecule has 1 atom stereocenters. The third-order valence-electron chi connectivity index (χ3n) is 2.24. The summed E-state index contributed by atoms with van der Waals surface area (Å²) in [4.78, 5) is 11.2. The lowest BCUT2D eigenvalue weighted by Crippen LogP contribution is -2.23. The van der Waals surface area contributed by atoms with Gasteiger partial charge in [0, 0.05) is 0 Å². The van der Waals surface area contributed by atoms with Crippen molar-refractivity contribution >= 4 is 29.1 Å². The SMILES string of the molecule is C[C@H]1S/C(=N\N=C\c2ccc(O)c(O)c2)NC1=O. The first kappa shape index (κ1) is 12.4. The van der Waals surface area contributed by atoms with E-state index in [1.165, 1.54) is 30.1 Å². The number of phenolic OH excluding ortho intramolecular Hbond substituents is 2. The highest BCUT2D eigenvalue weighted by Gasteiger charge is 2.25. The zero-order valence-corrected chi connectivity index (χ0v) is 10.3. The van der Waals surface area contributed by atoms with Crippen LogP contribution in [0, 0.1) is 0 Å². The van der Waals surface area contributed by atoms with Crippen molar-refractivity contribution in [2.24, 2.45) is 10.2 Å². The molecule has 0 bridgehead atoms. The summed E-state index contributed by atoms with van der Waals surface area (Å²) in [5.74, 6) is -0.495. The number of carbonyl (C=O) groups excluding carboxylic acids is 1. The number of phenols is 2. The Labute approximate surface area is 107 Å². The van der Waals surface area contributed by atoms with Gasteiger partial charge in [-0.25, -0.2) is 0 Å². The van der Waals surface area contributed by atoms with Crippen molar-refractivity contribution in [2.75, 3.05) is 0 Å². The minimum atomic E-state index is -0.219. The van der Waals surface area contributed by atoms with Crippen LogP contribution in [0.3, 0.4) is 0 Å². The Morgan fingerprint density at radius 2 is 2.17 bits per heavy atom. The Morgan fingerprint density at radius 1 is 1.39 bits per heavy atom. The maximum absolute atomic E-state index is 11.2. The molecular weight excluding hydrogens is 254 g/mol. The van der Waals surface area contributed by atoms with E-state index in [1.807, 2.05) is 0 Å². The fourth-order valence-electron chi connectivity index (χ4n) is 1.27. The zero-order valence-electron chi connectivity index (χ0n) is 9.49. The van der Waals surface area contributed by atoms with Gasteiger partial charge in [-0.15, -0.1) is 5.10 Å². The Bertz CT molecular complexity index is 542. The van der Waals surface area contributed by atoms with E-state index in [4.69, 9.17) is 5.11 Å². The predicted molar refractivity (Wildman–Crippen MR) is 70.0 cm³/mol. The number of thioether (sulfide) groups is 1. The third kappa shape index (κ3) is 2.80. The molecule has 6 nitrogen and oxygen atoms in total. The lowest BCUT2D eigenvalue weighted by molar-refractivity contribution is -0.118. The van der Waals surface area contributed by atoms with Gasteiger partial charge in [-0.3, -0.25) is 4.79 Å². The molecule has 0 saturated carbocycles. The molecular formula is C11H11N3O3S. The smallest absolute Gasteiger partial charge is 0.239 e. The molecule has 94 valence electrons. The van der Waals surface area contributed by atoms with E-state index in [0.717, 1.165) is 0 Å². The molecule has 0 spiro atoms. The van der Waals surface area contributed by atoms with E-state index < -0.39 is 0 Å². The topological polar surface area (TPSA) is 94.3 Å². The molecule has 1 aliphatic rings. The number of rotatable bonds is 2. The van der Waals surface area contributed by atoms with Gasteiger partial charge in [0.1, 0.15) is 0 Å². The summed E-state index contributed by atoms with van der Waals surface area (Å²) in [6, 6.07) is 4.31. The van der Waals surface area contributed by atoms with Gasteiger partial charge in [0.15, 0.2) is 16.7 Å². The Kier molecular flexibility index (Phi) is 3.52. The highest BCUT2D eigenvalue weighted by Crippen LogP contribution is 2.24. The summed E-state index contributed by atoms with van der Waals surface area (Å²) in [6.07, 6.45) is 1.42. The minimum Gasteiger partial charge on any atom is -0.504 e. The van der Waals surface area contributed by atoms with Crippen molar-refractivity contribution in [1.82, 2.24) is 5.32 Å². The number of hydrogen-bond donors (Lipinski definition) is 3. The summed E-state index contributed by atoms with van der Waals surface area (Å²) in [5, 5.41) is 28.9. The molecule has 0 unspecified atom stereocenters. The van der Waals surface area contributed by atoms with Crippen LogP contribution in [-0.4, -0.2) is 32.8 Å². The number of nitrogens with one attached hydrogen (secondary N) is 1. The van der Waals surface area contributed by atoms with E-state index in [9.17, 15) is 9.90 Å². The van der Waals surface area contributed by atoms with Crippen molar-refractivity contribution in [1.29, 1.82) is 0 Å². The van der Waals surface area contributed by atoms with Crippen LogP contribution in [0.1, 0.15) is 12.5 Å². The Balaban J connectivity index is 2.05. The van der Waals surface area contributed by atoms with Crippen LogP contribution in [0.4, 0.5) is 0 Å². The predicted octanol–water partition coefficient (Wildman–Crippen LogP) is 1.04. The van der Waals surface area contributed by atoms with E-state index in [2.05, 4.69) is 15.5 Å². The van der Waals surface area contributed by atoms with Crippen molar-refractivity contribution in [3.05, 3.63) is 23.8 Å². The Hall–Kier alpha value is -2.02. The molecule has 0 aliphatic carbocycles. The number of hydrogen-bond acceptors (Lipinski definition) is 6. The third-order valence-corrected chi connectivity index (χ3v) is 3.22. The van der Waals surface area contributed by atoms with Crippen LogP contribution in [-0.2, 0) is 4.79 Å². The number of nitrogens with zero attached hydrogens (tertiary/aromatic N) is 2. The van der Waals surface area contributed by atoms with Crippen LogP contribution in [0.2, 0.25) is 0 Å². The monoisotopic (exact) mass is 265 g/mol. The number of benzene rings is 1. The largest absolute Gasteiger partial charge is 0.504 e. The highest BCUT2D eigenvalue weighted by atomic mass is 32.2. The first-order chi connectivity index (χ1) is 8.56. The second-order valence-corrected chi connectivity index (χ2v) is 4.98. The molecule has 7 heteroatoms. The summed E-state index contributed by atoms with van der Waals surface area (Å²) in [5.41, 5.74) is 0.594. The average Bonchev–Trinajstić information content (AvgIpc) is 2.63. The van der Waals surface area contributed by atoms with Crippen molar-refractivity contribution < 1.29 is 15.0 Å². The normalized spacial score (nSPS) is 21.7. The fourth-order valence-corrected chi connectivity index (χ4v) is 2.03. The first-order valence-electron chi connectivity index (χ1n) is 5.17. The van der Waals surface area contributed by atoms with Gasteiger partial charge in [0.25, 0.3) is 0 Å². The molecule has 1 aliphatic heterocycles. The van der Waals surface area contributed by atoms with Gasteiger partial charge < -0.3 is 15.5 Å². The zero-order chi connectivity index (χ0) is 13.1. The molecule has 2 rings (SSSR count). The van der Waals surface area contributed by atoms with Crippen molar-refractivity contribution in [2.45, 2.75) is 12.2 Å². The minimum absolute atomic E-state index is 0.0868. The lowest BCUT2D eigenvalue weighted by Gasteiger charge is -1.97. The van der Waals surface area contributed by atoms with Crippen molar-refractivity contribution in [3.8, 4) is 11.5 Å². The molecule has 1 fully saturated rings. The maximum atomic E-state index is 11.2. The quantitative estimate of drug-likeness (QED) is 0.423. The highest BCUT2D eigenvalue weighted by molar-refractivity contribution is 8.15. The van der Waals surface area contributed by atoms with Crippen LogP contribution in [0.25, 0.3) is 0 Å². The van der Waals surface area contributed by atoms with E-state index in [0.29, 0.717) is 10.7 Å². The number of amides is 1. The first-order valence-corrected chi connectivity index (χ1v) is 6.05. The van der Waals surface area contributed by atoms with Crippen LogP contribution in [0.5, 0.6) is 11.5 Å². The number of carbonyl (C=O) groups is 1. The second kappa shape index (κ2) is 5.09. The lowest BCUT2D eigenvalue weighted by atomic mass is 10.2. The average molecular weight is 265 g/mol. The fraction of sp³-hybridized carbons (Fsp3) is 0.182. The van der Waals surface area contributed by atoms with Crippen molar-refractivity contribution in [3.63, 3.8) is 0 Å². The standard InChI is InChI=1S/C11H11N3O3S/c1-6-10(17)13-11(18-6)14-12-5-7-2-3-8(15)9(16)4-7/h2-6,15-16H,1H3,(H,13,14,17)/b12-5+/t6-/m1/s1. The molecule has 1 amide bonds. The summed E-state index contributed by atoms with van der Waals surface area (Å²) in [7, 11) is 0. The van der Waals surface area contributed by atoms with Gasteiger partial charge in [-0.05, 0) is 30.7 Å². The van der Waals surface area contributed by atoms with Crippen LogP contribution in [0.15, 0.2) is 28.4 Å². The number of aromatic hydroxyl groups is 2. The van der Waals surface area contributed by atoms with E-state index in [-0.39, 0.29) is 22.7 Å². The van der Waals surface area contributed by atoms with Gasteiger partial charge >= 0.3 is 0 Å². The maximum Gasteiger partial charge on any atom is 0.239 e. The van der Waals surface area contributed by atoms with Gasteiger partial charge in [0.2, 0.25) is 5.91 Å². The van der Waals surface area contributed by atoms with Crippen LogP contribution >= 0.6 is 11.8 Å². The molecule has 1 saturated heterocycles. The molecule has 1 aromatic rings. The van der Waals surface area contributed by atoms with E-state index >= 15 is 0 Å². The van der Waals surface area contributed by atoms with Crippen LogP contribution < -0.4 is 5.32 Å². The van der Waals surface area contributed by atoms with E-state index in [1.54, 1.807) is 13.0 Å². The van der Waals surface area contributed by atoms with Gasteiger partial charge in [-0.1, -0.05) is 11.8 Å². The summed E-state index contributed by atoms with van der Waals surface area (Å²) >= 11 is 1.30. The molecule has 0 radical (unpaired) electrons. The molecule has 1 aromatic carbocycles.